The Labute approximate surface area is 102 Å². The number of hydrogen-bond donors (Lipinski definition) is 1. The molecule has 0 aromatic carbocycles. The van der Waals surface area contributed by atoms with Crippen LogP contribution >= 0.6 is 0 Å². The maximum absolute atomic E-state index is 11.5. The monoisotopic (exact) mass is 238 g/mol. The van der Waals surface area contributed by atoms with Crippen molar-refractivity contribution in [2.24, 2.45) is 0 Å². The first-order valence-corrected chi connectivity index (χ1v) is 6.45. The summed E-state index contributed by atoms with van der Waals surface area (Å²) in [5.74, 6) is 0. The zero-order valence-corrected chi connectivity index (χ0v) is 10.8. The fourth-order valence-electron chi connectivity index (χ4n) is 1.85. The highest BCUT2D eigenvalue weighted by molar-refractivity contribution is 5.00. The third kappa shape index (κ3) is 4.59. The number of rotatable bonds is 7. The van der Waals surface area contributed by atoms with Gasteiger partial charge in [-0.05, 0) is 13.3 Å². The van der Waals surface area contributed by atoms with Crippen molar-refractivity contribution < 1.29 is 0 Å². The highest BCUT2D eigenvalue weighted by Gasteiger charge is 2.00. The van der Waals surface area contributed by atoms with E-state index >= 15 is 0 Å². The van der Waals surface area contributed by atoms with Gasteiger partial charge in [0.25, 0.3) is 5.56 Å². The molecule has 0 bridgehead atoms. The molecule has 0 aliphatic heterocycles. The summed E-state index contributed by atoms with van der Waals surface area (Å²) in [6.07, 6.45) is 8.82. The maximum atomic E-state index is 11.5. The second-order valence-corrected chi connectivity index (χ2v) is 4.53. The summed E-state index contributed by atoms with van der Waals surface area (Å²) < 4.78 is 1.59. The minimum atomic E-state index is -0.297. The minimum absolute atomic E-state index is 0.283. The highest BCUT2D eigenvalue weighted by atomic mass is 16.2. The number of unbranched alkanes of at least 4 members (excludes halogenated alkanes) is 5. The van der Waals surface area contributed by atoms with Gasteiger partial charge in [0.15, 0.2) is 0 Å². The molecule has 0 amide bonds. The van der Waals surface area contributed by atoms with Gasteiger partial charge in [0.1, 0.15) is 0 Å². The molecule has 0 aliphatic carbocycles. The summed E-state index contributed by atoms with van der Waals surface area (Å²) in [5, 5.41) is 0. The summed E-state index contributed by atoms with van der Waals surface area (Å²) in [6.45, 7) is 4.61. The number of aromatic nitrogens is 2. The van der Waals surface area contributed by atoms with Crippen molar-refractivity contribution in [2.75, 3.05) is 0 Å². The van der Waals surface area contributed by atoms with Crippen molar-refractivity contribution in [2.45, 2.75) is 58.9 Å². The predicted molar refractivity (Wildman–Crippen MR) is 69.4 cm³/mol. The number of H-pyrrole nitrogens is 1. The van der Waals surface area contributed by atoms with Crippen molar-refractivity contribution in [3.8, 4) is 0 Å². The summed E-state index contributed by atoms with van der Waals surface area (Å²) in [4.78, 5) is 25.0. The van der Waals surface area contributed by atoms with Crippen LogP contribution in [0, 0.1) is 6.92 Å². The van der Waals surface area contributed by atoms with E-state index in [1.54, 1.807) is 17.7 Å². The maximum Gasteiger partial charge on any atom is 0.328 e. The molecule has 4 nitrogen and oxygen atoms in total. The van der Waals surface area contributed by atoms with Crippen LogP contribution in [0.1, 0.15) is 51.0 Å². The smallest absolute Gasteiger partial charge is 0.300 e. The van der Waals surface area contributed by atoms with Crippen molar-refractivity contribution in [1.82, 2.24) is 9.55 Å². The van der Waals surface area contributed by atoms with Crippen LogP contribution in [-0.4, -0.2) is 9.55 Å². The Hall–Kier alpha value is -1.32. The van der Waals surface area contributed by atoms with Gasteiger partial charge >= 0.3 is 5.69 Å². The molecule has 0 spiro atoms. The second kappa shape index (κ2) is 7.09. The molecule has 0 saturated heterocycles. The highest BCUT2D eigenvalue weighted by Crippen LogP contribution is 2.05. The first kappa shape index (κ1) is 13.7. The Morgan fingerprint density at radius 1 is 1.12 bits per heavy atom. The predicted octanol–water partition coefficient (Wildman–Crippen LogP) is 2.21. The lowest BCUT2D eigenvalue weighted by Crippen LogP contribution is -2.30. The van der Waals surface area contributed by atoms with Crippen molar-refractivity contribution in [3.05, 3.63) is 32.6 Å². The molecule has 0 radical (unpaired) electrons. The normalized spacial score (nSPS) is 10.7. The van der Waals surface area contributed by atoms with Gasteiger partial charge in [0, 0.05) is 18.3 Å². The lowest BCUT2D eigenvalue weighted by Gasteiger charge is -2.05. The Morgan fingerprint density at radius 2 is 1.76 bits per heavy atom. The number of hydrogen-bond acceptors (Lipinski definition) is 2. The van der Waals surface area contributed by atoms with Gasteiger partial charge in [-0.25, -0.2) is 4.79 Å². The van der Waals surface area contributed by atoms with Crippen LogP contribution in [0.3, 0.4) is 0 Å². The van der Waals surface area contributed by atoms with E-state index in [0.29, 0.717) is 12.1 Å². The van der Waals surface area contributed by atoms with Crippen LogP contribution < -0.4 is 11.2 Å². The fraction of sp³-hybridized carbons (Fsp3) is 0.692. The third-order valence-corrected chi connectivity index (χ3v) is 2.94. The van der Waals surface area contributed by atoms with Gasteiger partial charge in [0.05, 0.1) is 0 Å². The number of aryl methyl sites for hydroxylation is 2. The van der Waals surface area contributed by atoms with Crippen LogP contribution in [0.5, 0.6) is 0 Å². The number of nitrogens with zero attached hydrogens (tertiary/aromatic N) is 1. The Kier molecular flexibility index (Phi) is 5.73. The lowest BCUT2D eigenvalue weighted by atomic mass is 10.1. The van der Waals surface area contributed by atoms with E-state index < -0.39 is 0 Å². The summed E-state index contributed by atoms with van der Waals surface area (Å²) in [6, 6.07) is 0. The number of aromatic amines is 1. The first-order chi connectivity index (χ1) is 8.15. The van der Waals surface area contributed by atoms with Crippen LogP contribution in [0.15, 0.2) is 15.8 Å². The van der Waals surface area contributed by atoms with E-state index in [2.05, 4.69) is 11.9 Å². The average molecular weight is 238 g/mol. The average Bonchev–Trinajstić information content (AvgIpc) is 2.30. The van der Waals surface area contributed by atoms with E-state index in [-0.39, 0.29) is 11.2 Å². The first-order valence-electron chi connectivity index (χ1n) is 6.45. The van der Waals surface area contributed by atoms with E-state index in [1.165, 1.54) is 25.7 Å². The SMILES string of the molecule is CCCCCCCCn1cc(C)c(=O)[nH]c1=O. The van der Waals surface area contributed by atoms with Crippen LogP contribution in [0.4, 0.5) is 0 Å². The molecule has 1 aromatic rings. The molecule has 1 rings (SSSR count). The Bertz CT molecular complexity index is 445. The molecule has 1 aromatic heterocycles. The molecule has 4 heteroatoms. The Morgan fingerprint density at radius 3 is 2.47 bits per heavy atom. The molecule has 1 N–H and O–H groups in total. The molecule has 1 heterocycles. The molecule has 0 atom stereocenters. The van der Waals surface area contributed by atoms with Crippen LogP contribution in [-0.2, 0) is 6.54 Å². The molecule has 0 fully saturated rings. The Balaban J connectivity index is 2.39. The zero-order valence-electron chi connectivity index (χ0n) is 10.8. The van der Waals surface area contributed by atoms with Crippen molar-refractivity contribution >= 4 is 0 Å². The molecule has 0 saturated carbocycles. The summed E-state index contributed by atoms with van der Waals surface area (Å²) in [7, 11) is 0. The zero-order chi connectivity index (χ0) is 12.7. The molecule has 0 unspecified atom stereocenters. The molecule has 0 aliphatic rings. The summed E-state index contributed by atoms with van der Waals surface area (Å²) >= 11 is 0. The van der Waals surface area contributed by atoms with Crippen LogP contribution in [0.2, 0.25) is 0 Å². The fourth-order valence-corrected chi connectivity index (χ4v) is 1.85. The minimum Gasteiger partial charge on any atom is -0.300 e. The van der Waals surface area contributed by atoms with Crippen LogP contribution in [0.25, 0.3) is 0 Å². The van der Waals surface area contributed by atoms with Gasteiger partial charge in [-0.15, -0.1) is 0 Å². The molecular weight excluding hydrogens is 216 g/mol. The van der Waals surface area contributed by atoms with Crippen molar-refractivity contribution in [1.29, 1.82) is 0 Å². The van der Waals surface area contributed by atoms with E-state index in [9.17, 15) is 9.59 Å². The van der Waals surface area contributed by atoms with E-state index in [1.807, 2.05) is 0 Å². The van der Waals surface area contributed by atoms with Gasteiger partial charge < -0.3 is 4.57 Å². The van der Waals surface area contributed by atoms with Gasteiger partial charge in [-0.1, -0.05) is 39.0 Å². The van der Waals surface area contributed by atoms with Gasteiger partial charge in [-0.2, -0.15) is 0 Å². The second-order valence-electron chi connectivity index (χ2n) is 4.53. The largest absolute Gasteiger partial charge is 0.328 e. The third-order valence-electron chi connectivity index (χ3n) is 2.94. The van der Waals surface area contributed by atoms with Gasteiger partial charge in [-0.3, -0.25) is 9.78 Å². The van der Waals surface area contributed by atoms with E-state index in [4.69, 9.17) is 0 Å². The standard InChI is InChI=1S/C13H22N2O2/c1-3-4-5-6-7-8-9-15-10-11(2)12(16)14-13(15)17/h10H,3-9H2,1-2H3,(H,14,16,17). The number of nitrogens with one attached hydrogen (secondary N) is 1. The topological polar surface area (TPSA) is 54.9 Å². The molecular formula is C13H22N2O2. The van der Waals surface area contributed by atoms with Crippen molar-refractivity contribution in [3.63, 3.8) is 0 Å². The van der Waals surface area contributed by atoms with Gasteiger partial charge in [0.2, 0.25) is 0 Å². The quantitative estimate of drug-likeness (QED) is 0.740. The van der Waals surface area contributed by atoms with E-state index in [0.717, 1.165) is 12.8 Å². The molecule has 96 valence electrons. The lowest BCUT2D eigenvalue weighted by molar-refractivity contribution is 0.541. The summed E-state index contributed by atoms with van der Waals surface area (Å²) in [5.41, 5.74) is 0.0129. The molecule has 17 heavy (non-hydrogen) atoms.